The highest BCUT2D eigenvalue weighted by molar-refractivity contribution is 5.86. The summed E-state index contributed by atoms with van der Waals surface area (Å²) in [5.74, 6) is -1.55. The van der Waals surface area contributed by atoms with Crippen molar-refractivity contribution in [1.82, 2.24) is 16.0 Å². The normalized spacial score (nSPS) is 11.2. The number of urea groups is 1. The molecule has 0 aromatic heterocycles. The van der Waals surface area contributed by atoms with Gasteiger partial charge in [-0.1, -0.05) is 30.3 Å². The molecule has 3 amide bonds. The number of aliphatic carboxylic acids is 1. The molecule has 7 heteroatoms. The van der Waals surface area contributed by atoms with Gasteiger partial charge in [0.1, 0.15) is 0 Å². The van der Waals surface area contributed by atoms with E-state index in [1.807, 2.05) is 0 Å². The minimum absolute atomic E-state index is 0.219. The van der Waals surface area contributed by atoms with Crippen LogP contribution in [0.2, 0.25) is 0 Å². The first kappa shape index (κ1) is 14.5. The number of hydrogen-bond acceptors (Lipinski definition) is 3. The van der Waals surface area contributed by atoms with Crippen molar-refractivity contribution >= 4 is 17.9 Å². The van der Waals surface area contributed by atoms with Crippen LogP contribution in [0.25, 0.3) is 0 Å². The topological polar surface area (TPSA) is 108 Å². The molecule has 7 nitrogen and oxygen atoms in total. The Kier molecular flexibility index (Phi) is 5.34. The molecule has 1 atom stereocenters. The van der Waals surface area contributed by atoms with E-state index in [4.69, 9.17) is 5.11 Å². The van der Waals surface area contributed by atoms with Crippen molar-refractivity contribution in [3.05, 3.63) is 35.9 Å². The Labute approximate surface area is 110 Å². The molecular weight excluding hydrogens is 250 g/mol. The minimum atomic E-state index is -1.18. The molecule has 1 rings (SSSR count). The Morgan fingerprint density at radius 2 is 1.84 bits per heavy atom. The zero-order chi connectivity index (χ0) is 14.3. The number of benzene rings is 1. The summed E-state index contributed by atoms with van der Waals surface area (Å²) in [4.78, 5) is 33.5. The third-order valence-corrected chi connectivity index (χ3v) is 2.34. The lowest BCUT2D eigenvalue weighted by atomic mass is 10.1. The van der Waals surface area contributed by atoms with Gasteiger partial charge in [0, 0.05) is 7.05 Å². The van der Waals surface area contributed by atoms with E-state index in [0.717, 1.165) is 0 Å². The van der Waals surface area contributed by atoms with Crippen LogP contribution in [-0.4, -0.2) is 36.6 Å². The molecule has 0 spiro atoms. The van der Waals surface area contributed by atoms with Crippen LogP contribution < -0.4 is 16.0 Å². The van der Waals surface area contributed by atoms with Crippen LogP contribution >= 0.6 is 0 Å². The molecule has 102 valence electrons. The van der Waals surface area contributed by atoms with Crippen molar-refractivity contribution in [2.75, 3.05) is 13.6 Å². The zero-order valence-electron chi connectivity index (χ0n) is 10.3. The first-order valence-corrected chi connectivity index (χ1v) is 5.57. The van der Waals surface area contributed by atoms with Gasteiger partial charge in [0.15, 0.2) is 6.04 Å². The fourth-order valence-electron chi connectivity index (χ4n) is 1.36. The van der Waals surface area contributed by atoms with Crippen molar-refractivity contribution in [2.24, 2.45) is 0 Å². The molecular formula is C12H15N3O4. The van der Waals surface area contributed by atoms with Gasteiger partial charge >= 0.3 is 12.0 Å². The SMILES string of the molecule is CNC(=O)CNC(=O)N[C@H](C(=O)O)c1ccccc1. The maximum atomic E-state index is 11.5. The van der Waals surface area contributed by atoms with Crippen LogP contribution in [0, 0.1) is 0 Å². The Hall–Kier alpha value is -2.57. The fourth-order valence-corrected chi connectivity index (χ4v) is 1.36. The first-order chi connectivity index (χ1) is 9.04. The van der Waals surface area contributed by atoms with E-state index >= 15 is 0 Å². The lowest BCUT2D eigenvalue weighted by molar-refractivity contribution is -0.139. The highest BCUT2D eigenvalue weighted by atomic mass is 16.4. The molecule has 0 aliphatic carbocycles. The molecule has 4 N–H and O–H groups in total. The molecule has 0 aliphatic rings. The van der Waals surface area contributed by atoms with Crippen LogP contribution in [-0.2, 0) is 9.59 Å². The van der Waals surface area contributed by atoms with Gasteiger partial charge in [-0.2, -0.15) is 0 Å². The summed E-state index contributed by atoms with van der Waals surface area (Å²) in [5, 5.41) is 16.0. The number of likely N-dealkylation sites (N-methyl/N-ethyl adjacent to an activating group) is 1. The van der Waals surface area contributed by atoms with E-state index < -0.39 is 18.0 Å². The maximum absolute atomic E-state index is 11.5. The van der Waals surface area contributed by atoms with E-state index in [2.05, 4.69) is 16.0 Å². The number of hydrogen-bond donors (Lipinski definition) is 4. The number of nitrogens with one attached hydrogen (secondary N) is 3. The predicted octanol–water partition coefficient (Wildman–Crippen LogP) is -0.142. The van der Waals surface area contributed by atoms with Gasteiger partial charge in [0.2, 0.25) is 5.91 Å². The second-order valence-corrected chi connectivity index (χ2v) is 3.68. The molecule has 0 unspecified atom stereocenters. The van der Waals surface area contributed by atoms with E-state index in [9.17, 15) is 14.4 Å². The molecule has 0 bridgehead atoms. The van der Waals surface area contributed by atoms with E-state index in [1.54, 1.807) is 30.3 Å². The molecule has 0 aliphatic heterocycles. The largest absolute Gasteiger partial charge is 0.479 e. The maximum Gasteiger partial charge on any atom is 0.330 e. The van der Waals surface area contributed by atoms with Crippen LogP contribution in [0.5, 0.6) is 0 Å². The van der Waals surface area contributed by atoms with Crippen LogP contribution in [0.3, 0.4) is 0 Å². The van der Waals surface area contributed by atoms with Crippen molar-refractivity contribution in [3.8, 4) is 0 Å². The van der Waals surface area contributed by atoms with E-state index in [0.29, 0.717) is 5.56 Å². The number of carboxylic acid groups (broad SMARTS) is 1. The molecule has 1 aromatic rings. The van der Waals surface area contributed by atoms with Gasteiger partial charge in [0.05, 0.1) is 6.54 Å². The second-order valence-electron chi connectivity index (χ2n) is 3.68. The highest BCUT2D eigenvalue weighted by Crippen LogP contribution is 2.12. The number of carbonyl (C=O) groups excluding carboxylic acids is 2. The summed E-state index contributed by atoms with van der Waals surface area (Å²) in [7, 11) is 1.44. The predicted molar refractivity (Wildman–Crippen MR) is 67.4 cm³/mol. The van der Waals surface area contributed by atoms with Crippen LogP contribution in [0.15, 0.2) is 30.3 Å². The summed E-state index contributed by atoms with van der Waals surface area (Å²) in [6.45, 7) is -0.219. The monoisotopic (exact) mass is 265 g/mol. The standard InChI is InChI=1S/C12H15N3O4/c1-13-9(16)7-14-12(19)15-10(11(17)18)8-5-3-2-4-6-8/h2-6,10H,7H2,1H3,(H,13,16)(H,17,18)(H2,14,15,19)/t10-/m0/s1. The fraction of sp³-hybridized carbons (Fsp3) is 0.250. The van der Waals surface area contributed by atoms with Gasteiger partial charge in [-0.15, -0.1) is 0 Å². The molecule has 19 heavy (non-hydrogen) atoms. The van der Waals surface area contributed by atoms with Gasteiger partial charge in [-0.25, -0.2) is 9.59 Å². The van der Waals surface area contributed by atoms with Crippen molar-refractivity contribution < 1.29 is 19.5 Å². The van der Waals surface area contributed by atoms with Gasteiger partial charge < -0.3 is 21.1 Å². The Balaban J connectivity index is 2.62. The van der Waals surface area contributed by atoms with E-state index in [-0.39, 0.29) is 12.5 Å². The first-order valence-electron chi connectivity index (χ1n) is 5.57. The Morgan fingerprint density at radius 1 is 1.21 bits per heavy atom. The van der Waals surface area contributed by atoms with Crippen LogP contribution in [0.1, 0.15) is 11.6 Å². The summed E-state index contributed by atoms with van der Waals surface area (Å²) in [6.07, 6.45) is 0. The Bertz CT molecular complexity index is 461. The molecule has 0 saturated heterocycles. The van der Waals surface area contributed by atoms with Crippen molar-refractivity contribution in [2.45, 2.75) is 6.04 Å². The quantitative estimate of drug-likeness (QED) is 0.594. The lowest BCUT2D eigenvalue weighted by Crippen LogP contribution is -2.44. The third-order valence-electron chi connectivity index (χ3n) is 2.34. The van der Waals surface area contributed by atoms with Gasteiger partial charge in [-0.3, -0.25) is 4.79 Å². The second kappa shape index (κ2) is 7.00. The molecule has 0 heterocycles. The average Bonchev–Trinajstić information content (AvgIpc) is 2.42. The zero-order valence-corrected chi connectivity index (χ0v) is 10.3. The van der Waals surface area contributed by atoms with Crippen LogP contribution in [0.4, 0.5) is 4.79 Å². The lowest BCUT2D eigenvalue weighted by Gasteiger charge is -2.15. The molecule has 0 fully saturated rings. The molecule has 0 radical (unpaired) electrons. The van der Waals surface area contributed by atoms with E-state index in [1.165, 1.54) is 7.05 Å². The summed E-state index contributed by atoms with van der Waals surface area (Å²) < 4.78 is 0. The van der Waals surface area contributed by atoms with Gasteiger partial charge in [-0.05, 0) is 5.56 Å². The Morgan fingerprint density at radius 3 is 2.37 bits per heavy atom. The highest BCUT2D eigenvalue weighted by Gasteiger charge is 2.21. The molecule has 0 saturated carbocycles. The smallest absolute Gasteiger partial charge is 0.330 e. The molecule has 1 aromatic carbocycles. The summed E-state index contributed by atoms with van der Waals surface area (Å²) >= 11 is 0. The minimum Gasteiger partial charge on any atom is -0.479 e. The van der Waals surface area contributed by atoms with Crippen molar-refractivity contribution in [1.29, 1.82) is 0 Å². The number of carbonyl (C=O) groups is 3. The van der Waals surface area contributed by atoms with Gasteiger partial charge in [0.25, 0.3) is 0 Å². The van der Waals surface area contributed by atoms with Crippen molar-refractivity contribution in [3.63, 3.8) is 0 Å². The number of carboxylic acids is 1. The third kappa shape index (κ3) is 4.66. The summed E-state index contributed by atoms with van der Waals surface area (Å²) in [5.41, 5.74) is 0.449. The number of rotatable bonds is 5. The summed E-state index contributed by atoms with van der Waals surface area (Å²) in [6, 6.07) is 6.40. The average molecular weight is 265 g/mol. The number of amides is 3.